The van der Waals surface area contributed by atoms with Crippen LogP contribution in [0.4, 0.5) is 9.93 Å². The van der Waals surface area contributed by atoms with Crippen LogP contribution in [0, 0.1) is 6.92 Å². The molecule has 1 aliphatic heterocycles. The van der Waals surface area contributed by atoms with Crippen LogP contribution in [0.1, 0.15) is 12.0 Å². The normalized spacial score (nSPS) is 15.2. The summed E-state index contributed by atoms with van der Waals surface area (Å²) in [6, 6.07) is 5.85. The van der Waals surface area contributed by atoms with Gasteiger partial charge in [-0.05, 0) is 30.7 Å². The van der Waals surface area contributed by atoms with Gasteiger partial charge < -0.3 is 10.0 Å². The standard InChI is InChI=1S/C14H15N3O2S/c1-9-2-3-11-12(8-9)20-13(15-11)16-14(19)17-6-4-10(18)5-7-17/h2-4,8,18H,5-7H2,1H3,(H,15,16,19). The molecule has 0 fully saturated rings. The maximum atomic E-state index is 12.1. The molecular weight excluding hydrogens is 274 g/mol. The van der Waals surface area contributed by atoms with Gasteiger partial charge in [-0.1, -0.05) is 17.4 Å². The molecular formula is C14H15N3O2S. The first-order chi connectivity index (χ1) is 9.61. The number of aryl methyl sites for hydroxylation is 1. The van der Waals surface area contributed by atoms with Crippen molar-refractivity contribution in [1.82, 2.24) is 9.88 Å². The maximum Gasteiger partial charge on any atom is 0.323 e. The largest absolute Gasteiger partial charge is 0.513 e. The van der Waals surface area contributed by atoms with E-state index in [4.69, 9.17) is 0 Å². The predicted molar refractivity (Wildman–Crippen MR) is 80.3 cm³/mol. The molecule has 2 N–H and O–H groups in total. The molecule has 5 nitrogen and oxygen atoms in total. The van der Waals surface area contributed by atoms with Gasteiger partial charge in [-0.25, -0.2) is 9.78 Å². The monoisotopic (exact) mass is 289 g/mol. The fourth-order valence-corrected chi connectivity index (χ4v) is 3.05. The van der Waals surface area contributed by atoms with Crippen LogP contribution in [0.15, 0.2) is 30.0 Å². The van der Waals surface area contributed by atoms with E-state index in [1.807, 2.05) is 19.1 Å². The lowest BCUT2D eigenvalue weighted by Crippen LogP contribution is -2.38. The summed E-state index contributed by atoms with van der Waals surface area (Å²) in [6.45, 7) is 2.99. The Morgan fingerprint density at radius 1 is 1.50 bits per heavy atom. The smallest absolute Gasteiger partial charge is 0.323 e. The van der Waals surface area contributed by atoms with Gasteiger partial charge in [-0.15, -0.1) is 0 Å². The minimum absolute atomic E-state index is 0.176. The van der Waals surface area contributed by atoms with E-state index in [1.165, 1.54) is 16.9 Å². The molecule has 0 radical (unpaired) electrons. The van der Waals surface area contributed by atoms with Gasteiger partial charge in [-0.3, -0.25) is 5.32 Å². The van der Waals surface area contributed by atoms with Crippen molar-refractivity contribution in [2.75, 3.05) is 18.4 Å². The van der Waals surface area contributed by atoms with Gasteiger partial charge in [0.25, 0.3) is 0 Å². The molecule has 20 heavy (non-hydrogen) atoms. The van der Waals surface area contributed by atoms with Crippen LogP contribution < -0.4 is 5.32 Å². The Kier molecular flexibility index (Phi) is 3.31. The zero-order valence-corrected chi connectivity index (χ0v) is 11.9. The Bertz CT molecular complexity index is 693. The van der Waals surface area contributed by atoms with Gasteiger partial charge >= 0.3 is 6.03 Å². The Balaban J connectivity index is 1.74. The molecule has 0 saturated carbocycles. The molecule has 2 aromatic rings. The lowest BCUT2D eigenvalue weighted by molar-refractivity contribution is 0.210. The number of aliphatic hydroxyl groups excluding tert-OH is 1. The SMILES string of the molecule is Cc1ccc2nc(NC(=O)N3CC=C(O)CC3)sc2c1. The van der Waals surface area contributed by atoms with Crippen LogP contribution in [0.5, 0.6) is 0 Å². The Labute approximate surface area is 120 Å². The highest BCUT2D eigenvalue weighted by Crippen LogP contribution is 2.27. The van der Waals surface area contributed by atoms with Gasteiger partial charge in [0.05, 0.1) is 16.0 Å². The average molecular weight is 289 g/mol. The second kappa shape index (κ2) is 5.13. The number of amides is 2. The fraction of sp³-hybridized carbons (Fsp3) is 0.286. The van der Waals surface area contributed by atoms with Crippen molar-refractivity contribution in [2.45, 2.75) is 13.3 Å². The Morgan fingerprint density at radius 2 is 2.35 bits per heavy atom. The summed E-state index contributed by atoms with van der Waals surface area (Å²) in [7, 11) is 0. The Hall–Kier alpha value is -2.08. The van der Waals surface area contributed by atoms with Gasteiger partial charge in [0.2, 0.25) is 0 Å². The third-order valence-electron chi connectivity index (χ3n) is 3.23. The van der Waals surface area contributed by atoms with Crippen molar-refractivity contribution in [1.29, 1.82) is 0 Å². The average Bonchev–Trinajstić information content (AvgIpc) is 2.80. The van der Waals surface area contributed by atoms with E-state index < -0.39 is 0 Å². The summed E-state index contributed by atoms with van der Waals surface area (Å²) in [5.41, 5.74) is 2.07. The molecule has 0 saturated heterocycles. The van der Waals surface area contributed by atoms with Gasteiger partial charge in [0.15, 0.2) is 5.13 Å². The molecule has 1 aromatic heterocycles. The van der Waals surface area contributed by atoms with Crippen molar-refractivity contribution in [3.05, 3.63) is 35.6 Å². The van der Waals surface area contributed by atoms with Crippen LogP contribution >= 0.6 is 11.3 Å². The van der Waals surface area contributed by atoms with Crippen molar-refractivity contribution in [3.8, 4) is 0 Å². The van der Waals surface area contributed by atoms with Crippen molar-refractivity contribution >= 4 is 32.7 Å². The zero-order chi connectivity index (χ0) is 14.1. The maximum absolute atomic E-state index is 12.1. The van der Waals surface area contributed by atoms with Crippen LogP contribution in [0.2, 0.25) is 0 Å². The molecule has 0 atom stereocenters. The predicted octanol–water partition coefficient (Wildman–Crippen LogP) is 3.28. The van der Waals surface area contributed by atoms with Crippen molar-refractivity contribution < 1.29 is 9.90 Å². The van der Waals surface area contributed by atoms with E-state index in [-0.39, 0.29) is 6.03 Å². The second-order valence-corrected chi connectivity index (χ2v) is 5.84. The molecule has 1 aliphatic rings. The number of carbonyl (C=O) groups is 1. The number of fused-ring (bicyclic) bond motifs is 1. The van der Waals surface area contributed by atoms with E-state index >= 15 is 0 Å². The number of urea groups is 1. The third-order valence-corrected chi connectivity index (χ3v) is 4.16. The first-order valence-corrected chi connectivity index (χ1v) is 7.24. The number of hydrogen-bond acceptors (Lipinski definition) is 4. The van der Waals surface area contributed by atoms with Gasteiger partial charge in [0.1, 0.15) is 0 Å². The number of hydrogen-bond donors (Lipinski definition) is 2. The first-order valence-electron chi connectivity index (χ1n) is 6.43. The quantitative estimate of drug-likeness (QED) is 0.846. The first kappa shape index (κ1) is 12.9. The minimum atomic E-state index is -0.176. The second-order valence-electron chi connectivity index (χ2n) is 4.81. The highest BCUT2D eigenvalue weighted by molar-refractivity contribution is 7.22. The number of anilines is 1. The van der Waals surface area contributed by atoms with Gasteiger partial charge in [-0.2, -0.15) is 0 Å². The molecule has 6 heteroatoms. The number of aromatic nitrogens is 1. The molecule has 0 aliphatic carbocycles. The highest BCUT2D eigenvalue weighted by atomic mass is 32.1. The van der Waals surface area contributed by atoms with E-state index in [2.05, 4.69) is 16.4 Å². The summed E-state index contributed by atoms with van der Waals surface area (Å²) in [4.78, 5) is 18.1. The highest BCUT2D eigenvalue weighted by Gasteiger charge is 2.18. The van der Waals surface area contributed by atoms with Crippen LogP contribution in [0.25, 0.3) is 10.2 Å². The molecule has 0 unspecified atom stereocenters. The molecule has 1 aromatic carbocycles. The molecule has 0 spiro atoms. The minimum Gasteiger partial charge on any atom is -0.513 e. The number of benzene rings is 1. The molecule has 104 valence electrons. The number of thiazole rings is 1. The van der Waals surface area contributed by atoms with Crippen LogP contribution in [0.3, 0.4) is 0 Å². The molecule has 0 bridgehead atoms. The summed E-state index contributed by atoms with van der Waals surface area (Å²) < 4.78 is 1.07. The lowest BCUT2D eigenvalue weighted by atomic mass is 10.2. The van der Waals surface area contributed by atoms with Crippen LogP contribution in [-0.2, 0) is 0 Å². The summed E-state index contributed by atoms with van der Waals surface area (Å²) in [6.07, 6.45) is 2.16. The molecule has 2 heterocycles. The van der Waals surface area contributed by atoms with E-state index in [0.717, 1.165) is 10.2 Å². The van der Waals surface area contributed by atoms with E-state index in [0.29, 0.717) is 30.4 Å². The molecule has 2 amide bonds. The third kappa shape index (κ3) is 2.60. The number of nitrogens with zero attached hydrogens (tertiary/aromatic N) is 2. The number of nitrogens with one attached hydrogen (secondary N) is 1. The summed E-state index contributed by atoms with van der Waals surface area (Å²) in [5, 5.41) is 12.7. The zero-order valence-electron chi connectivity index (χ0n) is 11.1. The fourth-order valence-electron chi connectivity index (χ4n) is 2.10. The van der Waals surface area contributed by atoms with E-state index in [9.17, 15) is 9.90 Å². The molecule has 3 rings (SSSR count). The number of rotatable bonds is 1. The van der Waals surface area contributed by atoms with Gasteiger partial charge in [0, 0.05) is 19.5 Å². The summed E-state index contributed by atoms with van der Waals surface area (Å²) in [5.74, 6) is 0.351. The topological polar surface area (TPSA) is 65.5 Å². The number of carbonyl (C=O) groups excluding carboxylic acids is 1. The van der Waals surface area contributed by atoms with Crippen LogP contribution in [-0.4, -0.2) is 34.1 Å². The van der Waals surface area contributed by atoms with E-state index in [1.54, 1.807) is 11.0 Å². The van der Waals surface area contributed by atoms with Crippen molar-refractivity contribution in [3.63, 3.8) is 0 Å². The lowest BCUT2D eigenvalue weighted by Gasteiger charge is -2.24. The van der Waals surface area contributed by atoms with Crippen molar-refractivity contribution in [2.24, 2.45) is 0 Å². The number of aliphatic hydroxyl groups is 1. The summed E-state index contributed by atoms with van der Waals surface area (Å²) >= 11 is 1.47. The Morgan fingerprint density at radius 3 is 3.10 bits per heavy atom.